The van der Waals surface area contributed by atoms with Crippen LogP contribution in [0.3, 0.4) is 0 Å². The lowest BCUT2D eigenvalue weighted by atomic mass is 9.94. The van der Waals surface area contributed by atoms with Gasteiger partial charge in [0.05, 0.1) is 0 Å². The maximum absolute atomic E-state index is 2.24. The Morgan fingerprint density at radius 3 is 0.857 bits per heavy atom. The van der Waals surface area contributed by atoms with Gasteiger partial charge in [0.15, 0.2) is 0 Å². The van der Waals surface area contributed by atoms with Crippen LogP contribution in [0, 0.1) is 55.4 Å². The van der Waals surface area contributed by atoms with Gasteiger partial charge in [-0.1, -0.05) is 48.5 Å². The van der Waals surface area contributed by atoms with Gasteiger partial charge in [-0.3, -0.25) is 0 Å². The molecule has 0 atom stereocenters. The van der Waals surface area contributed by atoms with Crippen LogP contribution in [0.25, 0.3) is 21.5 Å². The van der Waals surface area contributed by atoms with Crippen LogP contribution >= 0.6 is 0 Å². The van der Waals surface area contributed by atoms with E-state index in [9.17, 15) is 0 Å². The van der Waals surface area contributed by atoms with Crippen LogP contribution in [0.5, 0.6) is 0 Å². The third kappa shape index (κ3) is 3.56. The second kappa shape index (κ2) is 7.80. The molecule has 0 saturated heterocycles. The standard InChI is InChI=1S/2C14H16/c1-9-5-7-14-12(4)10(2)6-8-13(14)11(9)3;1-9-5-6-11(3)14-12(4)8-7-10(2)13(9)14/h2*5-8H,1-4H3. The van der Waals surface area contributed by atoms with E-state index in [0.717, 1.165) is 0 Å². The molecule has 28 heavy (non-hydrogen) atoms. The van der Waals surface area contributed by atoms with E-state index >= 15 is 0 Å². The Bertz CT molecular complexity index is 1040. The predicted octanol–water partition coefficient (Wildman–Crippen LogP) is 8.15. The quantitative estimate of drug-likeness (QED) is 0.294. The fourth-order valence-corrected chi connectivity index (χ4v) is 4.17. The van der Waals surface area contributed by atoms with Crippen molar-refractivity contribution in [2.75, 3.05) is 0 Å². The third-order valence-corrected chi connectivity index (χ3v) is 6.28. The Labute approximate surface area is 170 Å². The second-order valence-electron chi connectivity index (χ2n) is 8.26. The smallest absolute Gasteiger partial charge is 0.0120 e. The first-order valence-electron chi connectivity index (χ1n) is 10.1. The van der Waals surface area contributed by atoms with Gasteiger partial charge in [-0.25, -0.2) is 0 Å². The van der Waals surface area contributed by atoms with Gasteiger partial charge in [0.2, 0.25) is 0 Å². The summed E-state index contributed by atoms with van der Waals surface area (Å²) in [5.41, 5.74) is 11.1. The summed E-state index contributed by atoms with van der Waals surface area (Å²) in [5, 5.41) is 5.66. The van der Waals surface area contributed by atoms with E-state index in [4.69, 9.17) is 0 Å². The topological polar surface area (TPSA) is 0 Å². The number of benzene rings is 4. The van der Waals surface area contributed by atoms with E-state index in [1.54, 1.807) is 0 Å². The third-order valence-electron chi connectivity index (χ3n) is 6.28. The molecule has 0 fully saturated rings. The summed E-state index contributed by atoms with van der Waals surface area (Å²) in [5.74, 6) is 0. The molecule has 0 radical (unpaired) electrons. The van der Waals surface area contributed by atoms with Crippen LogP contribution < -0.4 is 0 Å². The summed E-state index contributed by atoms with van der Waals surface area (Å²) in [4.78, 5) is 0. The summed E-state index contributed by atoms with van der Waals surface area (Å²) in [6.45, 7) is 17.5. The molecule has 4 rings (SSSR count). The van der Waals surface area contributed by atoms with E-state index in [1.807, 2.05) is 0 Å². The molecule has 0 bridgehead atoms. The number of rotatable bonds is 0. The highest BCUT2D eigenvalue weighted by Crippen LogP contribution is 2.28. The first-order chi connectivity index (χ1) is 13.2. The van der Waals surface area contributed by atoms with Gasteiger partial charge >= 0.3 is 0 Å². The van der Waals surface area contributed by atoms with Crippen molar-refractivity contribution in [1.82, 2.24) is 0 Å². The lowest BCUT2D eigenvalue weighted by Gasteiger charge is -2.11. The second-order valence-corrected chi connectivity index (χ2v) is 8.26. The average molecular weight is 369 g/mol. The van der Waals surface area contributed by atoms with Crippen molar-refractivity contribution in [3.05, 3.63) is 93.0 Å². The number of fused-ring (bicyclic) bond motifs is 2. The Balaban J connectivity index is 0.000000161. The van der Waals surface area contributed by atoms with E-state index in [1.165, 1.54) is 66.1 Å². The molecule has 0 unspecified atom stereocenters. The van der Waals surface area contributed by atoms with Gasteiger partial charge < -0.3 is 0 Å². The largest absolute Gasteiger partial charge is 0.0584 e. The lowest BCUT2D eigenvalue weighted by molar-refractivity contribution is 1.34. The minimum absolute atomic E-state index is 1.38. The minimum atomic E-state index is 1.38. The highest BCUT2D eigenvalue weighted by molar-refractivity contribution is 5.93. The average Bonchev–Trinajstić information content (AvgIpc) is 2.67. The minimum Gasteiger partial charge on any atom is -0.0584 e. The molecule has 144 valence electrons. The molecule has 0 amide bonds. The van der Waals surface area contributed by atoms with Gasteiger partial charge in [-0.15, -0.1) is 0 Å². The Morgan fingerprint density at radius 1 is 0.321 bits per heavy atom. The first-order valence-corrected chi connectivity index (χ1v) is 10.1. The number of hydrogen-bond acceptors (Lipinski definition) is 0. The van der Waals surface area contributed by atoms with Gasteiger partial charge in [0.25, 0.3) is 0 Å². The molecule has 0 aliphatic heterocycles. The summed E-state index contributed by atoms with van der Waals surface area (Å²) in [6.07, 6.45) is 0. The van der Waals surface area contributed by atoms with Crippen LogP contribution in [0.2, 0.25) is 0 Å². The van der Waals surface area contributed by atoms with E-state index in [0.29, 0.717) is 0 Å². The van der Waals surface area contributed by atoms with Gasteiger partial charge in [0, 0.05) is 0 Å². The van der Waals surface area contributed by atoms with Crippen molar-refractivity contribution >= 4 is 21.5 Å². The van der Waals surface area contributed by atoms with Crippen LogP contribution in [0.4, 0.5) is 0 Å². The monoisotopic (exact) mass is 368 g/mol. The SMILES string of the molecule is Cc1ccc(C)c2c(C)ccc(C)c12.Cc1ccc2c(C)c(C)ccc2c1C. The van der Waals surface area contributed by atoms with Crippen molar-refractivity contribution in [3.63, 3.8) is 0 Å². The van der Waals surface area contributed by atoms with Gasteiger partial charge in [-0.2, -0.15) is 0 Å². The molecule has 0 spiro atoms. The van der Waals surface area contributed by atoms with Gasteiger partial charge in [0.1, 0.15) is 0 Å². The summed E-state index contributed by atoms with van der Waals surface area (Å²) < 4.78 is 0. The Morgan fingerprint density at radius 2 is 0.571 bits per heavy atom. The van der Waals surface area contributed by atoms with Crippen molar-refractivity contribution in [2.24, 2.45) is 0 Å². The molecule has 4 aromatic carbocycles. The predicted molar refractivity (Wildman–Crippen MR) is 126 cm³/mol. The maximum atomic E-state index is 2.24. The number of hydrogen-bond donors (Lipinski definition) is 0. The van der Waals surface area contributed by atoms with Crippen molar-refractivity contribution in [2.45, 2.75) is 55.4 Å². The lowest BCUT2D eigenvalue weighted by Crippen LogP contribution is -1.89. The molecule has 0 aliphatic rings. The van der Waals surface area contributed by atoms with Crippen LogP contribution in [-0.4, -0.2) is 0 Å². The summed E-state index contributed by atoms with van der Waals surface area (Å²) >= 11 is 0. The van der Waals surface area contributed by atoms with Crippen molar-refractivity contribution in [3.8, 4) is 0 Å². The zero-order valence-corrected chi connectivity index (χ0v) is 18.6. The molecule has 0 N–H and O–H groups in total. The van der Waals surface area contributed by atoms with E-state index in [2.05, 4.69) is 104 Å². The number of aryl methyl sites for hydroxylation is 8. The molecule has 0 nitrogen and oxygen atoms in total. The fourth-order valence-electron chi connectivity index (χ4n) is 4.17. The van der Waals surface area contributed by atoms with Gasteiger partial charge in [-0.05, 0) is 121 Å². The Hall–Kier alpha value is -2.60. The molecular weight excluding hydrogens is 336 g/mol. The fraction of sp³-hybridized carbons (Fsp3) is 0.286. The van der Waals surface area contributed by atoms with Crippen LogP contribution in [-0.2, 0) is 0 Å². The normalized spacial score (nSPS) is 10.9. The van der Waals surface area contributed by atoms with Crippen LogP contribution in [0.15, 0.2) is 48.5 Å². The molecule has 4 aromatic rings. The zero-order valence-electron chi connectivity index (χ0n) is 18.6. The van der Waals surface area contributed by atoms with Crippen molar-refractivity contribution in [1.29, 1.82) is 0 Å². The first kappa shape index (κ1) is 20.1. The summed E-state index contributed by atoms with van der Waals surface area (Å²) in [6, 6.07) is 17.7. The molecule has 0 heterocycles. The van der Waals surface area contributed by atoms with E-state index < -0.39 is 0 Å². The molecule has 0 heteroatoms. The molecular formula is C28H32. The molecule has 0 aromatic heterocycles. The van der Waals surface area contributed by atoms with Crippen molar-refractivity contribution < 1.29 is 0 Å². The maximum Gasteiger partial charge on any atom is -0.0120 e. The Kier molecular flexibility index (Phi) is 5.61. The summed E-state index contributed by atoms with van der Waals surface area (Å²) in [7, 11) is 0. The molecule has 0 saturated carbocycles. The van der Waals surface area contributed by atoms with E-state index in [-0.39, 0.29) is 0 Å². The van der Waals surface area contributed by atoms with Crippen LogP contribution in [0.1, 0.15) is 44.5 Å². The zero-order chi connectivity index (χ0) is 20.6. The highest BCUT2D eigenvalue weighted by Gasteiger charge is 2.05. The highest BCUT2D eigenvalue weighted by atomic mass is 14.1. The molecule has 0 aliphatic carbocycles.